The second-order valence-corrected chi connectivity index (χ2v) is 7.76. The van der Waals surface area contributed by atoms with Gasteiger partial charge in [-0.3, -0.25) is 9.78 Å². The van der Waals surface area contributed by atoms with E-state index in [9.17, 15) is 9.90 Å². The van der Waals surface area contributed by atoms with Crippen molar-refractivity contribution in [1.29, 1.82) is 0 Å². The molecule has 0 radical (unpaired) electrons. The van der Waals surface area contributed by atoms with E-state index in [1.54, 1.807) is 13.1 Å². The van der Waals surface area contributed by atoms with Crippen molar-refractivity contribution in [2.75, 3.05) is 6.61 Å². The maximum absolute atomic E-state index is 12.7. The van der Waals surface area contributed by atoms with E-state index in [1.807, 2.05) is 37.3 Å². The van der Waals surface area contributed by atoms with Crippen LogP contribution in [0.15, 0.2) is 36.5 Å². The van der Waals surface area contributed by atoms with E-state index in [4.69, 9.17) is 0 Å². The number of aliphatic hydroxyl groups is 1. The van der Waals surface area contributed by atoms with E-state index in [0.29, 0.717) is 5.56 Å². The Kier molecular flexibility index (Phi) is 6.16. The van der Waals surface area contributed by atoms with Crippen LogP contribution in [0.5, 0.6) is 0 Å². The first kappa shape index (κ1) is 20.1. The number of hydrogen-bond donors (Lipinski definition) is 2. The number of nitrogens with zero attached hydrogens (tertiary/aromatic N) is 3. The maximum atomic E-state index is 12.7. The fraction of sp³-hybridized carbons (Fsp3) is 0.333. The number of nitrogens with one attached hydrogen (secondary N) is 1. The Bertz CT molecular complexity index is 967. The van der Waals surface area contributed by atoms with Gasteiger partial charge in [0.1, 0.15) is 5.69 Å². The van der Waals surface area contributed by atoms with Gasteiger partial charge in [-0.15, -0.1) is 0 Å². The normalized spacial score (nSPS) is 12.2. The van der Waals surface area contributed by atoms with Crippen molar-refractivity contribution in [2.45, 2.75) is 39.7 Å². The van der Waals surface area contributed by atoms with Gasteiger partial charge < -0.3 is 10.4 Å². The molecular formula is C21H24N4O2S. The van der Waals surface area contributed by atoms with E-state index in [1.165, 1.54) is 11.7 Å². The fourth-order valence-corrected chi connectivity index (χ4v) is 3.52. The Balaban J connectivity index is 2.12. The Hall–Kier alpha value is -2.64. The smallest absolute Gasteiger partial charge is 0.251 e. The summed E-state index contributed by atoms with van der Waals surface area (Å²) < 4.78 is 8.90. The van der Waals surface area contributed by atoms with Crippen LogP contribution in [0.3, 0.4) is 0 Å². The molecule has 28 heavy (non-hydrogen) atoms. The lowest BCUT2D eigenvalue weighted by atomic mass is 9.97. The number of hydrogen-bond acceptors (Lipinski definition) is 6. The van der Waals surface area contributed by atoms with Gasteiger partial charge in [0, 0.05) is 28.9 Å². The molecule has 146 valence electrons. The van der Waals surface area contributed by atoms with Gasteiger partial charge in [-0.2, -0.15) is 8.75 Å². The molecule has 7 heteroatoms. The number of carbonyl (C=O) groups excluding carboxylic acids is 1. The van der Waals surface area contributed by atoms with Gasteiger partial charge in [-0.05, 0) is 49.6 Å². The minimum Gasteiger partial charge on any atom is -0.394 e. The number of aryl methyl sites for hydroxylation is 1. The molecule has 1 unspecified atom stereocenters. The number of pyridine rings is 1. The second kappa shape index (κ2) is 8.58. The van der Waals surface area contributed by atoms with Crippen molar-refractivity contribution in [1.82, 2.24) is 19.0 Å². The average molecular weight is 397 g/mol. The summed E-state index contributed by atoms with van der Waals surface area (Å²) in [6, 6.07) is 9.23. The predicted molar refractivity (Wildman–Crippen MR) is 111 cm³/mol. The van der Waals surface area contributed by atoms with Crippen LogP contribution in [0.2, 0.25) is 0 Å². The number of carbonyl (C=O) groups is 1. The van der Waals surface area contributed by atoms with E-state index in [-0.39, 0.29) is 24.5 Å². The van der Waals surface area contributed by atoms with Gasteiger partial charge in [0.2, 0.25) is 0 Å². The molecule has 3 rings (SSSR count). The summed E-state index contributed by atoms with van der Waals surface area (Å²) in [5.74, 6) is -0.0207. The van der Waals surface area contributed by atoms with Gasteiger partial charge >= 0.3 is 0 Å². The highest BCUT2D eigenvalue weighted by Crippen LogP contribution is 2.31. The molecule has 0 aliphatic rings. The van der Waals surface area contributed by atoms with Crippen LogP contribution in [0.1, 0.15) is 48.3 Å². The zero-order valence-corrected chi connectivity index (χ0v) is 17.2. The first-order chi connectivity index (χ1) is 13.4. The molecule has 0 fully saturated rings. The first-order valence-electron chi connectivity index (χ1n) is 9.21. The third-order valence-corrected chi connectivity index (χ3v) is 4.93. The molecule has 3 aromatic rings. The van der Waals surface area contributed by atoms with E-state index in [0.717, 1.165) is 33.8 Å². The third kappa shape index (κ3) is 4.43. The van der Waals surface area contributed by atoms with Crippen molar-refractivity contribution in [3.63, 3.8) is 0 Å². The largest absolute Gasteiger partial charge is 0.394 e. The molecule has 0 bridgehead atoms. The molecular weight excluding hydrogens is 372 g/mol. The highest BCUT2D eigenvalue weighted by molar-refractivity contribution is 6.99. The highest BCUT2D eigenvalue weighted by atomic mass is 32.1. The molecule has 0 saturated carbocycles. The number of benzene rings is 1. The van der Waals surface area contributed by atoms with Crippen LogP contribution in [0.25, 0.3) is 22.5 Å². The molecule has 1 aromatic carbocycles. The Morgan fingerprint density at radius 2 is 1.89 bits per heavy atom. The predicted octanol–water partition coefficient (Wildman–Crippen LogP) is 3.81. The molecule has 2 N–H and O–H groups in total. The van der Waals surface area contributed by atoms with Gasteiger partial charge in [0.25, 0.3) is 5.91 Å². The van der Waals surface area contributed by atoms with Crippen LogP contribution in [0.4, 0.5) is 0 Å². The van der Waals surface area contributed by atoms with E-state index in [2.05, 4.69) is 32.9 Å². The SMILES string of the molecule is Cc1ccc(-c2cc(C(=O)NC(C)CO)cc(-c3nsnc3C(C)C)c2)nc1. The van der Waals surface area contributed by atoms with Crippen LogP contribution in [0, 0.1) is 6.92 Å². The summed E-state index contributed by atoms with van der Waals surface area (Å²) in [5.41, 5.74) is 5.72. The molecule has 0 saturated heterocycles. The number of aliphatic hydroxyl groups excluding tert-OH is 1. The Labute approximate surface area is 169 Å². The number of rotatable bonds is 6. The van der Waals surface area contributed by atoms with E-state index >= 15 is 0 Å². The van der Waals surface area contributed by atoms with Crippen molar-refractivity contribution < 1.29 is 9.90 Å². The summed E-state index contributed by atoms with van der Waals surface area (Å²) in [6.07, 6.45) is 1.81. The standard InChI is InChI=1S/C21H24N4O2S/c1-12(2)19-20(25-28-24-19)16-7-15(18-6-5-13(3)10-22-18)8-17(9-16)21(27)23-14(4)11-26/h5-10,12,14,26H,11H2,1-4H3,(H,23,27). The quantitative estimate of drug-likeness (QED) is 0.661. The summed E-state index contributed by atoms with van der Waals surface area (Å²) in [5, 5.41) is 12.1. The van der Waals surface area contributed by atoms with Crippen molar-refractivity contribution in [3.05, 3.63) is 53.3 Å². The van der Waals surface area contributed by atoms with Crippen LogP contribution < -0.4 is 5.32 Å². The van der Waals surface area contributed by atoms with Gasteiger partial charge in [-0.1, -0.05) is 19.9 Å². The average Bonchev–Trinajstić information content (AvgIpc) is 3.18. The summed E-state index contributed by atoms with van der Waals surface area (Å²) in [7, 11) is 0. The maximum Gasteiger partial charge on any atom is 0.251 e. The minimum absolute atomic E-state index is 0.120. The number of aromatic nitrogens is 3. The summed E-state index contributed by atoms with van der Waals surface area (Å²) >= 11 is 1.17. The summed E-state index contributed by atoms with van der Waals surface area (Å²) in [6.45, 7) is 7.76. The van der Waals surface area contributed by atoms with Crippen molar-refractivity contribution >= 4 is 17.6 Å². The topological polar surface area (TPSA) is 88.0 Å². The zero-order valence-electron chi connectivity index (χ0n) is 16.4. The fourth-order valence-electron chi connectivity index (χ4n) is 2.81. The lowest BCUT2D eigenvalue weighted by Crippen LogP contribution is -2.35. The zero-order chi connectivity index (χ0) is 20.3. The Morgan fingerprint density at radius 3 is 2.54 bits per heavy atom. The van der Waals surface area contributed by atoms with Crippen LogP contribution in [-0.4, -0.2) is 37.4 Å². The minimum atomic E-state index is -0.329. The third-order valence-electron chi connectivity index (χ3n) is 4.39. The molecule has 1 amide bonds. The monoisotopic (exact) mass is 396 g/mol. The second-order valence-electron chi connectivity index (χ2n) is 7.23. The highest BCUT2D eigenvalue weighted by Gasteiger charge is 2.18. The van der Waals surface area contributed by atoms with Gasteiger partial charge in [0.15, 0.2) is 0 Å². The van der Waals surface area contributed by atoms with Crippen molar-refractivity contribution in [2.24, 2.45) is 0 Å². The van der Waals surface area contributed by atoms with E-state index < -0.39 is 0 Å². The molecule has 0 aliphatic carbocycles. The van der Waals surface area contributed by atoms with Crippen LogP contribution in [-0.2, 0) is 0 Å². The van der Waals surface area contributed by atoms with Gasteiger partial charge in [0.05, 0.1) is 29.7 Å². The molecule has 2 heterocycles. The first-order valence-corrected chi connectivity index (χ1v) is 9.94. The molecule has 1 atom stereocenters. The lowest BCUT2D eigenvalue weighted by Gasteiger charge is -2.13. The van der Waals surface area contributed by atoms with Gasteiger partial charge in [-0.25, -0.2) is 0 Å². The Morgan fingerprint density at radius 1 is 1.14 bits per heavy atom. The summed E-state index contributed by atoms with van der Waals surface area (Å²) in [4.78, 5) is 17.2. The molecule has 2 aromatic heterocycles. The van der Waals surface area contributed by atoms with Crippen molar-refractivity contribution in [3.8, 4) is 22.5 Å². The molecule has 6 nitrogen and oxygen atoms in total. The molecule has 0 aliphatic heterocycles. The lowest BCUT2D eigenvalue weighted by molar-refractivity contribution is 0.0922. The van der Waals surface area contributed by atoms with Crippen LogP contribution >= 0.6 is 11.7 Å². The molecule has 0 spiro atoms. The number of amides is 1.